The van der Waals surface area contributed by atoms with Gasteiger partial charge in [0, 0.05) is 12.6 Å². The number of amides is 2. The molecule has 42 heavy (non-hydrogen) atoms. The van der Waals surface area contributed by atoms with Crippen molar-refractivity contribution in [3.05, 3.63) is 90.2 Å². The minimum atomic E-state index is -4.18. The molecule has 1 saturated carbocycles. The number of rotatable bonds is 12. The highest BCUT2D eigenvalue weighted by Crippen LogP contribution is 2.26. The zero-order chi connectivity index (χ0) is 30.1. The van der Waals surface area contributed by atoms with E-state index in [4.69, 9.17) is 4.74 Å². The van der Waals surface area contributed by atoms with Gasteiger partial charge in [0.1, 0.15) is 24.2 Å². The molecule has 0 saturated heterocycles. The zero-order valence-electron chi connectivity index (χ0n) is 24.0. The van der Waals surface area contributed by atoms with Crippen LogP contribution >= 0.6 is 0 Å². The molecule has 0 heterocycles. The van der Waals surface area contributed by atoms with Crippen LogP contribution in [-0.4, -0.2) is 50.4 Å². The molecule has 10 heteroatoms. The predicted molar refractivity (Wildman–Crippen MR) is 160 cm³/mol. The summed E-state index contributed by atoms with van der Waals surface area (Å²) in [4.78, 5) is 28.7. The lowest BCUT2D eigenvalue weighted by Gasteiger charge is -2.33. The Morgan fingerprint density at radius 3 is 2.21 bits per heavy atom. The van der Waals surface area contributed by atoms with Crippen molar-refractivity contribution >= 4 is 27.5 Å². The summed E-state index contributed by atoms with van der Waals surface area (Å²) in [5, 5.41) is 3.07. The van der Waals surface area contributed by atoms with E-state index in [1.807, 2.05) is 6.92 Å². The van der Waals surface area contributed by atoms with Crippen LogP contribution in [-0.2, 0) is 26.2 Å². The maximum atomic E-state index is 14.0. The molecule has 0 spiro atoms. The van der Waals surface area contributed by atoms with E-state index >= 15 is 0 Å². The predicted octanol–water partition coefficient (Wildman–Crippen LogP) is 5.29. The first-order valence-corrected chi connectivity index (χ1v) is 15.8. The molecular weight excluding hydrogens is 557 g/mol. The van der Waals surface area contributed by atoms with Gasteiger partial charge >= 0.3 is 0 Å². The normalized spacial score (nSPS) is 14.5. The number of halogens is 1. The molecule has 1 atom stereocenters. The fraction of sp³-hybridized carbons (Fsp3) is 0.375. The number of hydrogen-bond acceptors (Lipinski definition) is 5. The van der Waals surface area contributed by atoms with Crippen molar-refractivity contribution in [3.8, 4) is 5.75 Å². The summed E-state index contributed by atoms with van der Waals surface area (Å²) < 4.78 is 48.0. The number of nitrogens with zero attached hydrogens (tertiary/aromatic N) is 2. The van der Waals surface area contributed by atoms with Crippen LogP contribution in [0, 0.1) is 5.82 Å². The second kappa shape index (κ2) is 14.3. The van der Waals surface area contributed by atoms with Crippen LogP contribution in [0.4, 0.5) is 10.1 Å². The van der Waals surface area contributed by atoms with Crippen LogP contribution in [0.2, 0.25) is 0 Å². The van der Waals surface area contributed by atoms with E-state index in [0.717, 1.165) is 36.4 Å². The molecule has 1 fully saturated rings. The first-order valence-electron chi connectivity index (χ1n) is 14.3. The second-order valence-corrected chi connectivity index (χ2v) is 12.3. The quantitative estimate of drug-likeness (QED) is 0.307. The fourth-order valence-corrected chi connectivity index (χ4v) is 6.48. The van der Waals surface area contributed by atoms with E-state index < -0.39 is 34.3 Å². The van der Waals surface area contributed by atoms with Crippen molar-refractivity contribution < 1.29 is 27.1 Å². The van der Waals surface area contributed by atoms with Gasteiger partial charge in [-0.05, 0) is 80.8 Å². The number of carbonyl (C=O) groups is 2. The number of anilines is 1. The van der Waals surface area contributed by atoms with E-state index in [9.17, 15) is 22.4 Å². The first-order chi connectivity index (χ1) is 20.2. The van der Waals surface area contributed by atoms with Gasteiger partial charge in [0.2, 0.25) is 11.8 Å². The third kappa shape index (κ3) is 7.88. The van der Waals surface area contributed by atoms with Crippen LogP contribution < -0.4 is 14.4 Å². The van der Waals surface area contributed by atoms with Gasteiger partial charge in [-0.2, -0.15) is 0 Å². The van der Waals surface area contributed by atoms with E-state index in [2.05, 4.69) is 5.32 Å². The monoisotopic (exact) mass is 595 g/mol. The van der Waals surface area contributed by atoms with Gasteiger partial charge in [-0.15, -0.1) is 0 Å². The SMILES string of the molecule is CCOc1ccc(S(=O)(=O)N(CC(=O)N(Cc2ccc(F)cc2)[C@H](C)C(=O)NC2CCCCC2)c2ccccc2)cc1. The van der Waals surface area contributed by atoms with Crippen LogP contribution in [0.3, 0.4) is 0 Å². The molecule has 1 N–H and O–H groups in total. The summed E-state index contributed by atoms with van der Waals surface area (Å²) in [6.45, 7) is 3.37. The highest BCUT2D eigenvalue weighted by atomic mass is 32.2. The highest BCUT2D eigenvalue weighted by molar-refractivity contribution is 7.92. The lowest BCUT2D eigenvalue weighted by atomic mass is 9.95. The van der Waals surface area contributed by atoms with E-state index in [1.165, 1.54) is 29.2 Å². The smallest absolute Gasteiger partial charge is 0.264 e. The van der Waals surface area contributed by atoms with Gasteiger partial charge < -0.3 is 15.0 Å². The van der Waals surface area contributed by atoms with E-state index in [0.29, 0.717) is 23.6 Å². The van der Waals surface area contributed by atoms with Crippen molar-refractivity contribution in [2.45, 2.75) is 69.5 Å². The summed E-state index contributed by atoms with van der Waals surface area (Å²) in [6, 6.07) is 19.2. The van der Waals surface area contributed by atoms with Crippen LogP contribution in [0.5, 0.6) is 5.75 Å². The summed E-state index contributed by atoms with van der Waals surface area (Å²) in [5.41, 5.74) is 0.920. The molecule has 0 aliphatic heterocycles. The Kier molecular flexibility index (Phi) is 10.6. The lowest BCUT2D eigenvalue weighted by Crippen LogP contribution is -2.53. The molecule has 0 radical (unpaired) electrons. The minimum absolute atomic E-state index is 0.00391. The zero-order valence-corrected chi connectivity index (χ0v) is 24.9. The summed E-state index contributed by atoms with van der Waals surface area (Å²) >= 11 is 0. The molecule has 1 aliphatic carbocycles. The van der Waals surface area contributed by atoms with E-state index in [1.54, 1.807) is 61.5 Å². The van der Waals surface area contributed by atoms with E-state index in [-0.39, 0.29) is 23.4 Å². The molecule has 8 nitrogen and oxygen atoms in total. The number of benzene rings is 3. The van der Waals surface area contributed by atoms with Crippen molar-refractivity contribution in [1.29, 1.82) is 0 Å². The maximum absolute atomic E-state index is 14.0. The standard InChI is InChI=1S/C32H38FN3O5S/c1-3-41-29-18-20-30(21-19-29)42(39,40)36(28-12-8-5-9-13-28)23-31(37)35(22-25-14-16-26(33)17-15-25)24(2)32(38)34-27-10-6-4-7-11-27/h5,8-9,12-21,24,27H,3-4,6-7,10-11,22-23H2,1-2H3,(H,34,38)/t24-/m1/s1. The van der Waals surface area contributed by atoms with Gasteiger partial charge in [0.25, 0.3) is 10.0 Å². The number of ether oxygens (including phenoxy) is 1. The molecular formula is C32H38FN3O5S. The Labute approximate surface area is 247 Å². The van der Waals surface area contributed by atoms with Gasteiger partial charge in [-0.3, -0.25) is 13.9 Å². The Morgan fingerprint density at radius 2 is 1.60 bits per heavy atom. The third-order valence-electron chi connectivity index (χ3n) is 7.43. The Bertz CT molecular complexity index is 1430. The van der Waals surface area contributed by atoms with Gasteiger partial charge in [0.05, 0.1) is 17.2 Å². The molecule has 3 aromatic rings. The molecule has 1 aliphatic rings. The molecule has 0 aromatic heterocycles. The summed E-state index contributed by atoms with van der Waals surface area (Å²) in [6.07, 6.45) is 4.97. The summed E-state index contributed by atoms with van der Waals surface area (Å²) in [5.74, 6) is -0.763. The van der Waals surface area contributed by atoms with Gasteiger partial charge in [-0.25, -0.2) is 12.8 Å². The maximum Gasteiger partial charge on any atom is 0.264 e. The van der Waals surface area contributed by atoms with Crippen molar-refractivity contribution in [1.82, 2.24) is 10.2 Å². The van der Waals surface area contributed by atoms with Crippen LogP contribution in [0.25, 0.3) is 0 Å². The number of nitrogens with one attached hydrogen (secondary N) is 1. The molecule has 224 valence electrons. The lowest BCUT2D eigenvalue weighted by molar-refractivity contribution is -0.139. The molecule has 4 rings (SSSR count). The first kappa shape index (κ1) is 31.0. The Balaban J connectivity index is 1.64. The Hall–Kier alpha value is -3.92. The summed E-state index contributed by atoms with van der Waals surface area (Å²) in [7, 11) is -4.18. The number of hydrogen-bond donors (Lipinski definition) is 1. The van der Waals surface area contributed by atoms with Crippen LogP contribution in [0.1, 0.15) is 51.5 Å². The fourth-order valence-electron chi connectivity index (χ4n) is 5.06. The van der Waals surface area contributed by atoms with Crippen LogP contribution in [0.15, 0.2) is 83.8 Å². The molecule has 0 bridgehead atoms. The topological polar surface area (TPSA) is 96.0 Å². The van der Waals surface area contributed by atoms with Crippen molar-refractivity contribution in [3.63, 3.8) is 0 Å². The average molecular weight is 596 g/mol. The van der Waals surface area contributed by atoms with Gasteiger partial charge in [-0.1, -0.05) is 49.6 Å². The molecule has 0 unspecified atom stereocenters. The minimum Gasteiger partial charge on any atom is -0.494 e. The van der Waals surface area contributed by atoms with Crippen molar-refractivity contribution in [2.24, 2.45) is 0 Å². The number of para-hydroxylation sites is 1. The highest BCUT2D eigenvalue weighted by Gasteiger charge is 2.33. The van der Waals surface area contributed by atoms with Gasteiger partial charge in [0.15, 0.2) is 0 Å². The molecule has 3 aromatic carbocycles. The van der Waals surface area contributed by atoms with Crippen molar-refractivity contribution in [2.75, 3.05) is 17.5 Å². The Morgan fingerprint density at radius 1 is 0.952 bits per heavy atom. The third-order valence-corrected chi connectivity index (χ3v) is 9.22. The number of carbonyl (C=O) groups excluding carboxylic acids is 2. The number of sulfonamides is 1. The second-order valence-electron chi connectivity index (χ2n) is 10.4. The average Bonchev–Trinajstić information content (AvgIpc) is 3.00. The molecule has 2 amide bonds. The largest absolute Gasteiger partial charge is 0.494 e.